The Morgan fingerprint density at radius 2 is 1.55 bits per heavy atom. The van der Waals surface area contributed by atoms with Crippen LogP contribution in [0.25, 0.3) is 0 Å². The highest BCUT2D eigenvalue weighted by atomic mass is 32.2. The van der Waals surface area contributed by atoms with E-state index in [0.717, 1.165) is 11.4 Å². The van der Waals surface area contributed by atoms with Crippen molar-refractivity contribution in [3.8, 4) is 0 Å². The minimum Gasteiger partial charge on any atom is -0.258 e. The van der Waals surface area contributed by atoms with Crippen molar-refractivity contribution in [2.45, 2.75) is 24.7 Å². The number of unbranched alkanes of at least 4 members (excludes halogenated alkanes) is 1. The van der Waals surface area contributed by atoms with Gasteiger partial charge in [-0.15, -0.1) is 11.8 Å². The number of nitrogens with zero attached hydrogens (tertiary/aromatic N) is 3. The topological polar surface area (TPSA) is 67.9 Å². The minimum absolute atomic E-state index is 0.0485. The second-order valence-electron chi connectivity index (χ2n) is 4.67. The Hall–Kier alpha value is -2.21. The summed E-state index contributed by atoms with van der Waals surface area (Å²) in [5.74, 6) is 1.13. The van der Waals surface area contributed by atoms with E-state index in [-0.39, 0.29) is 5.69 Å². The van der Waals surface area contributed by atoms with E-state index in [1.54, 1.807) is 12.1 Å². The lowest BCUT2D eigenvalue weighted by atomic mass is 10.3. The Bertz CT molecular complexity index is 639. The lowest BCUT2D eigenvalue weighted by molar-refractivity contribution is -0.384. The van der Waals surface area contributed by atoms with Crippen molar-refractivity contribution >= 4 is 28.8 Å². The number of hydrogen-bond acceptors (Lipinski definition) is 5. The number of azo groups is 1. The summed E-state index contributed by atoms with van der Waals surface area (Å²) >= 11 is 1.84. The molecule has 2 rings (SSSR count). The van der Waals surface area contributed by atoms with Crippen LogP contribution in [0, 0.1) is 10.1 Å². The zero-order valence-corrected chi connectivity index (χ0v) is 13.1. The first-order chi connectivity index (χ1) is 10.7. The molecular formula is C16H17N3O2S. The van der Waals surface area contributed by atoms with Gasteiger partial charge in [0.2, 0.25) is 0 Å². The Labute approximate surface area is 133 Å². The molecule has 0 aliphatic heterocycles. The van der Waals surface area contributed by atoms with Gasteiger partial charge >= 0.3 is 0 Å². The molecule has 0 bridgehead atoms. The highest BCUT2D eigenvalue weighted by Crippen LogP contribution is 2.24. The average Bonchev–Trinajstić information content (AvgIpc) is 2.55. The number of nitro groups is 1. The van der Waals surface area contributed by atoms with Gasteiger partial charge in [0.25, 0.3) is 5.69 Å². The zero-order chi connectivity index (χ0) is 15.8. The summed E-state index contributed by atoms with van der Waals surface area (Å²) in [7, 11) is 0. The van der Waals surface area contributed by atoms with Crippen molar-refractivity contribution in [1.29, 1.82) is 0 Å². The van der Waals surface area contributed by atoms with E-state index in [2.05, 4.69) is 17.2 Å². The Morgan fingerprint density at radius 3 is 2.05 bits per heavy atom. The van der Waals surface area contributed by atoms with Crippen LogP contribution in [0.15, 0.2) is 63.7 Å². The average molecular weight is 315 g/mol. The number of nitro benzene ring substituents is 1. The van der Waals surface area contributed by atoms with Crippen molar-refractivity contribution in [1.82, 2.24) is 0 Å². The van der Waals surface area contributed by atoms with E-state index in [0.29, 0.717) is 5.69 Å². The highest BCUT2D eigenvalue weighted by Gasteiger charge is 2.03. The normalized spacial score (nSPS) is 11.0. The van der Waals surface area contributed by atoms with Crippen LogP contribution >= 0.6 is 11.8 Å². The first-order valence-corrected chi connectivity index (χ1v) is 8.06. The second kappa shape index (κ2) is 8.29. The quantitative estimate of drug-likeness (QED) is 0.210. The summed E-state index contributed by atoms with van der Waals surface area (Å²) in [6.45, 7) is 2.18. The molecule has 0 saturated heterocycles. The molecule has 0 spiro atoms. The smallest absolute Gasteiger partial charge is 0.258 e. The third-order valence-corrected chi connectivity index (χ3v) is 4.04. The summed E-state index contributed by atoms with van der Waals surface area (Å²) in [6.07, 6.45) is 2.42. The first-order valence-electron chi connectivity index (χ1n) is 7.08. The molecule has 0 saturated carbocycles. The van der Waals surface area contributed by atoms with Gasteiger partial charge in [-0.05, 0) is 48.6 Å². The van der Waals surface area contributed by atoms with Crippen LogP contribution in [-0.2, 0) is 0 Å². The number of non-ortho nitro benzene ring substituents is 1. The van der Waals surface area contributed by atoms with E-state index in [4.69, 9.17) is 0 Å². The summed E-state index contributed by atoms with van der Waals surface area (Å²) in [5.41, 5.74) is 1.40. The maximum atomic E-state index is 10.6. The SMILES string of the molecule is CCCCSc1ccc(N=Nc2ccc([N+](=O)[O-])cc2)cc1. The Morgan fingerprint density at radius 1 is 1.00 bits per heavy atom. The Balaban J connectivity index is 1.96. The van der Waals surface area contributed by atoms with Crippen molar-refractivity contribution in [2.75, 3.05) is 5.75 Å². The molecule has 0 atom stereocenters. The van der Waals surface area contributed by atoms with Gasteiger partial charge < -0.3 is 0 Å². The van der Waals surface area contributed by atoms with Gasteiger partial charge in [0.1, 0.15) is 0 Å². The van der Waals surface area contributed by atoms with Crippen molar-refractivity contribution in [3.05, 3.63) is 58.6 Å². The molecular weight excluding hydrogens is 298 g/mol. The van der Waals surface area contributed by atoms with Crippen LogP contribution in [0.1, 0.15) is 19.8 Å². The molecule has 0 N–H and O–H groups in total. The summed E-state index contributed by atoms with van der Waals surface area (Å²) in [4.78, 5) is 11.4. The third-order valence-electron chi connectivity index (χ3n) is 2.94. The van der Waals surface area contributed by atoms with E-state index >= 15 is 0 Å². The van der Waals surface area contributed by atoms with Gasteiger partial charge in [0.15, 0.2) is 0 Å². The van der Waals surface area contributed by atoms with Gasteiger partial charge in [-0.1, -0.05) is 13.3 Å². The molecule has 5 nitrogen and oxygen atoms in total. The van der Waals surface area contributed by atoms with Crippen molar-refractivity contribution in [2.24, 2.45) is 10.2 Å². The lowest BCUT2D eigenvalue weighted by Gasteiger charge is -2.00. The molecule has 0 unspecified atom stereocenters. The Kier molecular flexibility index (Phi) is 6.09. The molecule has 22 heavy (non-hydrogen) atoms. The van der Waals surface area contributed by atoms with Crippen LogP contribution in [-0.4, -0.2) is 10.7 Å². The predicted molar refractivity (Wildman–Crippen MR) is 89.3 cm³/mol. The van der Waals surface area contributed by atoms with Crippen LogP contribution in [0.3, 0.4) is 0 Å². The van der Waals surface area contributed by atoms with Crippen LogP contribution in [0.5, 0.6) is 0 Å². The molecule has 0 aliphatic rings. The maximum absolute atomic E-state index is 10.6. The molecule has 0 aromatic heterocycles. The maximum Gasteiger partial charge on any atom is 0.269 e. The predicted octanol–water partition coefficient (Wildman–Crippen LogP) is 5.90. The number of hydrogen-bond donors (Lipinski definition) is 0. The summed E-state index contributed by atoms with van der Waals surface area (Å²) in [5, 5.41) is 18.8. The summed E-state index contributed by atoms with van der Waals surface area (Å²) < 4.78 is 0. The van der Waals surface area contributed by atoms with Crippen LogP contribution in [0.4, 0.5) is 17.1 Å². The monoisotopic (exact) mass is 315 g/mol. The van der Waals surface area contributed by atoms with Gasteiger partial charge in [0.05, 0.1) is 16.3 Å². The fourth-order valence-corrected chi connectivity index (χ4v) is 2.70. The van der Waals surface area contributed by atoms with E-state index in [1.165, 1.54) is 29.9 Å². The van der Waals surface area contributed by atoms with Gasteiger partial charge in [0, 0.05) is 17.0 Å². The highest BCUT2D eigenvalue weighted by molar-refractivity contribution is 7.99. The minimum atomic E-state index is -0.435. The van der Waals surface area contributed by atoms with Crippen molar-refractivity contribution in [3.63, 3.8) is 0 Å². The van der Waals surface area contributed by atoms with Gasteiger partial charge in [-0.25, -0.2) is 0 Å². The van der Waals surface area contributed by atoms with Crippen LogP contribution < -0.4 is 0 Å². The van der Waals surface area contributed by atoms with Crippen molar-refractivity contribution < 1.29 is 4.92 Å². The lowest BCUT2D eigenvalue weighted by Crippen LogP contribution is -1.85. The molecule has 0 heterocycles. The molecule has 2 aromatic rings. The molecule has 0 aliphatic carbocycles. The van der Waals surface area contributed by atoms with E-state index in [9.17, 15) is 10.1 Å². The standard InChI is InChI=1S/C16H17N3O2S/c1-2-3-12-22-16-10-6-14(7-11-16)18-17-13-4-8-15(9-5-13)19(20)21/h4-11H,2-3,12H2,1H3. The fourth-order valence-electron chi connectivity index (χ4n) is 1.70. The molecule has 6 heteroatoms. The van der Waals surface area contributed by atoms with Crippen LogP contribution in [0.2, 0.25) is 0 Å². The molecule has 0 radical (unpaired) electrons. The number of benzene rings is 2. The van der Waals surface area contributed by atoms with Gasteiger partial charge in [-0.2, -0.15) is 10.2 Å². The first kappa shape index (κ1) is 16.2. The molecule has 114 valence electrons. The molecule has 2 aromatic carbocycles. The zero-order valence-electron chi connectivity index (χ0n) is 12.3. The van der Waals surface area contributed by atoms with Gasteiger partial charge in [-0.3, -0.25) is 10.1 Å². The van der Waals surface area contributed by atoms with E-state index in [1.807, 2.05) is 36.0 Å². The molecule has 0 amide bonds. The molecule has 0 fully saturated rings. The number of thioether (sulfide) groups is 1. The largest absolute Gasteiger partial charge is 0.269 e. The summed E-state index contributed by atoms with van der Waals surface area (Å²) in [6, 6.07) is 13.9. The number of rotatable bonds is 7. The third kappa shape index (κ3) is 4.96. The second-order valence-corrected chi connectivity index (χ2v) is 5.84. The fraction of sp³-hybridized carbons (Fsp3) is 0.250. The van der Waals surface area contributed by atoms with E-state index < -0.39 is 4.92 Å².